The number of hydrogen-bond acceptors (Lipinski definition) is 3. The zero-order valence-corrected chi connectivity index (χ0v) is 11.0. The summed E-state index contributed by atoms with van der Waals surface area (Å²) in [5.74, 6) is 0.294. The van der Waals surface area contributed by atoms with Crippen LogP contribution in [-0.2, 0) is 6.54 Å². The van der Waals surface area contributed by atoms with E-state index in [1.54, 1.807) is 6.07 Å². The van der Waals surface area contributed by atoms with Gasteiger partial charge in [-0.05, 0) is 37.4 Å². The number of ketones is 1. The van der Waals surface area contributed by atoms with E-state index in [9.17, 15) is 9.90 Å². The molecule has 3 rings (SSSR count). The third-order valence-electron chi connectivity index (χ3n) is 3.41. The molecule has 3 nitrogen and oxygen atoms in total. The average Bonchev–Trinajstić information content (AvgIpc) is 2.64. The summed E-state index contributed by atoms with van der Waals surface area (Å²) in [6.45, 7) is 0.614. The van der Waals surface area contributed by atoms with Crippen molar-refractivity contribution in [2.45, 2.75) is 6.54 Å². The largest absolute Gasteiger partial charge is 0.508 e. The Morgan fingerprint density at radius 3 is 2.37 bits per heavy atom. The van der Waals surface area contributed by atoms with Gasteiger partial charge in [-0.3, -0.25) is 4.79 Å². The fourth-order valence-corrected chi connectivity index (χ4v) is 2.57. The highest BCUT2D eigenvalue weighted by Crippen LogP contribution is 2.39. The van der Waals surface area contributed by atoms with Crippen molar-refractivity contribution in [2.24, 2.45) is 0 Å². The predicted octanol–water partition coefficient (Wildman–Crippen LogP) is 2.67. The summed E-state index contributed by atoms with van der Waals surface area (Å²) in [5.41, 5.74) is 3.94. The lowest BCUT2D eigenvalue weighted by Crippen LogP contribution is -2.11. The Hall–Kier alpha value is -2.13. The van der Waals surface area contributed by atoms with Gasteiger partial charge in [0, 0.05) is 23.2 Å². The van der Waals surface area contributed by atoms with Gasteiger partial charge in [0.15, 0.2) is 5.78 Å². The lowest BCUT2D eigenvalue weighted by molar-refractivity contribution is 0.104. The maximum Gasteiger partial charge on any atom is 0.194 e. The number of benzene rings is 2. The number of carbonyl (C=O) groups is 1. The Balaban J connectivity index is 2.18. The molecule has 96 valence electrons. The van der Waals surface area contributed by atoms with E-state index in [1.165, 1.54) is 0 Å². The minimum absolute atomic E-state index is 0.0469. The third kappa shape index (κ3) is 1.83. The molecule has 0 aliphatic heterocycles. The van der Waals surface area contributed by atoms with Crippen LogP contribution in [0.15, 0.2) is 36.4 Å². The molecule has 0 saturated heterocycles. The van der Waals surface area contributed by atoms with Crippen LogP contribution in [0.5, 0.6) is 5.75 Å². The van der Waals surface area contributed by atoms with Gasteiger partial charge in [0.05, 0.1) is 0 Å². The fraction of sp³-hybridized carbons (Fsp3) is 0.188. The molecule has 0 bridgehead atoms. The van der Waals surface area contributed by atoms with E-state index >= 15 is 0 Å². The molecule has 3 heteroatoms. The second-order valence-corrected chi connectivity index (χ2v) is 5.14. The SMILES string of the molecule is CN(C)Cc1cc2c(cc1O)-c1ccccc1C2=O. The van der Waals surface area contributed by atoms with Crippen LogP contribution in [0.3, 0.4) is 0 Å². The molecule has 1 aliphatic carbocycles. The topological polar surface area (TPSA) is 40.5 Å². The minimum Gasteiger partial charge on any atom is -0.508 e. The minimum atomic E-state index is 0.0469. The van der Waals surface area contributed by atoms with E-state index in [0.717, 1.165) is 22.3 Å². The monoisotopic (exact) mass is 253 g/mol. The van der Waals surface area contributed by atoms with Gasteiger partial charge in [0.1, 0.15) is 5.75 Å². The van der Waals surface area contributed by atoms with E-state index in [1.807, 2.05) is 49.3 Å². The summed E-state index contributed by atoms with van der Waals surface area (Å²) in [7, 11) is 3.87. The van der Waals surface area contributed by atoms with Crippen LogP contribution in [0.1, 0.15) is 21.5 Å². The molecule has 0 spiro atoms. The van der Waals surface area contributed by atoms with Gasteiger partial charge in [-0.1, -0.05) is 24.3 Å². The molecule has 2 aromatic carbocycles. The maximum atomic E-state index is 12.3. The molecular formula is C16H15NO2. The van der Waals surface area contributed by atoms with E-state index in [2.05, 4.69) is 0 Å². The third-order valence-corrected chi connectivity index (χ3v) is 3.41. The quantitative estimate of drug-likeness (QED) is 0.763. The highest BCUT2D eigenvalue weighted by atomic mass is 16.3. The molecule has 19 heavy (non-hydrogen) atoms. The summed E-state index contributed by atoms with van der Waals surface area (Å²) in [5, 5.41) is 10.1. The van der Waals surface area contributed by atoms with Gasteiger partial charge in [-0.2, -0.15) is 0 Å². The Kier molecular flexibility index (Phi) is 2.64. The second-order valence-electron chi connectivity index (χ2n) is 5.14. The van der Waals surface area contributed by atoms with E-state index in [4.69, 9.17) is 0 Å². The first-order valence-electron chi connectivity index (χ1n) is 6.22. The molecule has 0 amide bonds. The number of nitrogens with zero attached hydrogens (tertiary/aromatic N) is 1. The van der Waals surface area contributed by atoms with Crippen LogP contribution in [0.25, 0.3) is 11.1 Å². The summed E-state index contributed by atoms with van der Waals surface area (Å²) in [4.78, 5) is 14.3. The van der Waals surface area contributed by atoms with Crippen molar-refractivity contribution >= 4 is 5.78 Å². The summed E-state index contributed by atoms with van der Waals surface area (Å²) >= 11 is 0. The van der Waals surface area contributed by atoms with Crippen molar-refractivity contribution in [1.82, 2.24) is 4.90 Å². The number of aromatic hydroxyl groups is 1. The summed E-state index contributed by atoms with van der Waals surface area (Å²) in [6.07, 6.45) is 0. The van der Waals surface area contributed by atoms with Gasteiger partial charge < -0.3 is 10.0 Å². The number of rotatable bonds is 2. The van der Waals surface area contributed by atoms with E-state index in [-0.39, 0.29) is 11.5 Å². The van der Waals surface area contributed by atoms with Crippen LogP contribution < -0.4 is 0 Å². The number of fused-ring (bicyclic) bond motifs is 3. The zero-order valence-electron chi connectivity index (χ0n) is 11.0. The lowest BCUT2D eigenvalue weighted by atomic mass is 10.0. The molecule has 0 atom stereocenters. The zero-order chi connectivity index (χ0) is 13.6. The van der Waals surface area contributed by atoms with Crippen LogP contribution in [0.4, 0.5) is 0 Å². The van der Waals surface area contributed by atoms with Crippen molar-refractivity contribution < 1.29 is 9.90 Å². The Bertz CT molecular complexity index is 674. The normalized spacial score (nSPS) is 12.7. The smallest absolute Gasteiger partial charge is 0.194 e. The van der Waals surface area contributed by atoms with Gasteiger partial charge >= 0.3 is 0 Å². The number of hydrogen-bond donors (Lipinski definition) is 1. The molecule has 0 saturated carbocycles. The van der Waals surface area contributed by atoms with Crippen LogP contribution in [0, 0.1) is 0 Å². The first-order chi connectivity index (χ1) is 9.08. The number of phenols is 1. The lowest BCUT2D eigenvalue weighted by Gasteiger charge is -2.12. The first-order valence-corrected chi connectivity index (χ1v) is 6.22. The maximum absolute atomic E-state index is 12.3. The predicted molar refractivity (Wildman–Crippen MR) is 74.4 cm³/mol. The highest BCUT2D eigenvalue weighted by molar-refractivity contribution is 6.21. The summed E-state index contributed by atoms with van der Waals surface area (Å²) < 4.78 is 0. The molecular weight excluding hydrogens is 238 g/mol. The Morgan fingerprint density at radius 2 is 1.68 bits per heavy atom. The van der Waals surface area contributed by atoms with Crippen molar-refractivity contribution in [3.63, 3.8) is 0 Å². The highest BCUT2D eigenvalue weighted by Gasteiger charge is 2.27. The molecule has 1 N–H and O–H groups in total. The van der Waals surface area contributed by atoms with Crippen LogP contribution in [-0.4, -0.2) is 29.9 Å². The number of phenolic OH excluding ortho intramolecular Hbond substituents is 1. The molecule has 1 aliphatic rings. The summed E-state index contributed by atoms with van der Waals surface area (Å²) in [6, 6.07) is 11.0. The molecule has 0 heterocycles. The first kappa shape index (κ1) is 11.9. The standard InChI is InChI=1S/C16H15NO2/c1-17(2)9-10-7-14-13(8-15(10)18)11-5-3-4-6-12(11)16(14)19/h3-8,18H,9H2,1-2H3. The van der Waals surface area contributed by atoms with Crippen molar-refractivity contribution in [3.8, 4) is 16.9 Å². The van der Waals surface area contributed by atoms with Crippen LogP contribution >= 0.6 is 0 Å². The van der Waals surface area contributed by atoms with Gasteiger partial charge in [0.25, 0.3) is 0 Å². The molecule has 0 unspecified atom stereocenters. The van der Waals surface area contributed by atoms with E-state index in [0.29, 0.717) is 12.1 Å². The van der Waals surface area contributed by atoms with Crippen molar-refractivity contribution in [3.05, 3.63) is 53.1 Å². The fourth-order valence-electron chi connectivity index (χ4n) is 2.57. The Labute approximate surface area is 112 Å². The molecule has 0 fully saturated rings. The molecule has 2 aromatic rings. The van der Waals surface area contributed by atoms with Gasteiger partial charge in [-0.15, -0.1) is 0 Å². The molecule has 0 radical (unpaired) electrons. The van der Waals surface area contributed by atoms with E-state index < -0.39 is 0 Å². The molecule has 0 aromatic heterocycles. The second kappa shape index (κ2) is 4.21. The van der Waals surface area contributed by atoms with Crippen molar-refractivity contribution in [2.75, 3.05) is 14.1 Å². The van der Waals surface area contributed by atoms with Crippen molar-refractivity contribution in [1.29, 1.82) is 0 Å². The Morgan fingerprint density at radius 1 is 1.00 bits per heavy atom. The van der Waals surface area contributed by atoms with Crippen LogP contribution in [0.2, 0.25) is 0 Å². The van der Waals surface area contributed by atoms with Gasteiger partial charge in [0.2, 0.25) is 0 Å². The van der Waals surface area contributed by atoms with Gasteiger partial charge in [-0.25, -0.2) is 0 Å². The average molecular weight is 253 g/mol. The number of carbonyl (C=O) groups excluding carboxylic acids is 1.